The van der Waals surface area contributed by atoms with Gasteiger partial charge in [-0.2, -0.15) is 4.68 Å². The Morgan fingerprint density at radius 1 is 1.08 bits per heavy atom. The number of nitrogens with one attached hydrogen (secondary N) is 2. The number of benzene rings is 2. The van der Waals surface area contributed by atoms with Crippen LogP contribution in [0.15, 0.2) is 59.4 Å². The molecule has 1 amide bonds. The summed E-state index contributed by atoms with van der Waals surface area (Å²) in [4.78, 5) is 29.1. The molecule has 0 aliphatic heterocycles. The quantitative estimate of drug-likeness (QED) is 0.715. The minimum absolute atomic E-state index is 0.0355. The summed E-state index contributed by atoms with van der Waals surface area (Å²) in [6.45, 7) is 6.03. The number of hydrogen-bond donors (Lipinski definition) is 2. The van der Waals surface area contributed by atoms with Crippen LogP contribution in [-0.4, -0.2) is 33.8 Å². The Labute approximate surface area is 151 Å². The Morgan fingerprint density at radius 2 is 1.73 bits per heavy atom. The maximum Gasteiger partial charge on any atom is 0.348 e. The van der Waals surface area contributed by atoms with Crippen LogP contribution in [0.4, 0.5) is 11.4 Å². The highest BCUT2D eigenvalue weighted by Crippen LogP contribution is 2.18. The van der Waals surface area contributed by atoms with E-state index in [1.54, 1.807) is 24.3 Å². The molecule has 0 aliphatic rings. The van der Waals surface area contributed by atoms with Crippen molar-refractivity contribution >= 4 is 17.3 Å². The van der Waals surface area contributed by atoms with E-state index < -0.39 is 11.6 Å². The Bertz CT molecular complexity index is 925. The first-order valence-electron chi connectivity index (χ1n) is 8.53. The van der Waals surface area contributed by atoms with Crippen LogP contribution in [0.5, 0.6) is 0 Å². The predicted molar refractivity (Wildman–Crippen MR) is 102 cm³/mol. The average Bonchev–Trinajstić information content (AvgIpc) is 3.07. The van der Waals surface area contributed by atoms with Crippen molar-refractivity contribution in [1.82, 2.24) is 14.8 Å². The summed E-state index contributed by atoms with van der Waals surface area (Å²) < 4.78 is 1.17. The van der Waals surface area contributed by atoms with E-state index in [0.29, 0.717) is 11.4 Å². The van der Waals surface area contributed by atoms with Gasteiger partial charge < -0.3 is 10.2 Å². The summed E-state index contributed by atoms with van der Waals surface area (Å²) >= 11 is 0. The molecule has 0 atom stereocenters. The SMILES string of the molecule is CCN(CC)c1ccc(NC(=O)c2nn(-c3ccccc3)c(=O)[nH]2)cc1. The molecule has 0 aliphatic carbocycles. The lowest BCUT2D eigenvalue weighted by molar-refractivity contribution is 0.101. The van der Waals surface area contributed by atoms with E-state index in [4.69, 9.17) is 0 Å². The molecule has 0 saturated heterocycles. The van der Waals surface area contributed by atoms with Crippen molar-refractivity contribution in [2.24, 2.45) is 0 Å². The van der Waals surface area contributed by atoms with Gasteiger partial charge in [0.25, 0.3) is 5.91 Å². The monoisotopic (exact) mass is 351 g/mol. The molecule has 3 aromatic rings. The molecule has 0 unspecified atom stereocenters. The molecule has 26 heavy (non-hydrogen) atoms. The number of aromatic nitrogens is 3. The van der Waals surface area contributed by atoms with Gasteiger partial charge in [0, 0.05) is 24.5 Å². The highest BCUT2D eigenvalue weighted by atomic mass is 16.2. The summed E-state index contributed by atoms with van der Waals surface area (Å²) in [7, 11) is 0. The number of amides is 1. The second-order valence-corrected chi connectivity index (χ2v) is 5.70. The van der Waals surface area contributed by atoms with Crippen LogP contribution >= 0.6 is 0 Å². The largest absolute Gasteiger partial charge is 0.372 e. The van der Waals surface area contributed by atoms with Gasteiger partial charge in [-0.05, 0) is 50.2 Å². The Hall–Kier alpha value is -3.35. The van der Waals surface area contributed by atoms with Gasteiger partial charge in [0.15, 0.2) is 0 Å². The molecule has 0 bridgehead atoms. The molecule has 0 fully saturated rings. The van der Waals surface area contributed by atoms with Crippen molar-refractivity contribution in [1.29, 1.82) is 0 Å². The molecule has 1 aromatic heterocycles. The molecule has 7 nitrogen and oxygen atoms in total. The fraction of sp³-hybridized carbons (Fsp3) is 0.211. The van der Waals surface area contributed by atoms with Crippen molar-refractivity contribution < 1.29 is 4.79 Å². The van der Waals surface area contributed by atoms with Gasteiger partial charge in [-0.15, -0.1) is 5.10 Å². The number of hydrogen-bond acceptors (Lipinski definition) is 4. The molecular weight excluding hydrogens is 330 g/mol. The van der Waals surface area contributed by atoms with E-state index in [9.17, 15) is 9.59 Å². The van der Waals surface area contributed by atoms with E-state index in [2.05, 4.69) is 34.1 Å². The highest BCUT2D eigenvalue weighted by Gasteiger charge is 2.14. The van der Waals surface area contributed by atoms with Crippen LogP contribution in [-0.2, 0) is 0 Å². The molecule has 1 heterocycles. The van der Waals surface area contributed by atoms with E-state index in [1.807, 2.05) is 30.3 Å². The minimum Gasteiger partial charge on any atom is -0.372 e. The van der Waals surface area contributed by atoms with Gasteiger partial charge in [0.05, 0.1) is 5.69 Å². The van der Waals surface area contributed by atoms with E-state index >= 15 is 0 Å². The normalized spacial score (nSPS) is 10.5. The maximum atomic E-state index is 12.4. The van der Waals surface area contributed by atoms with Crippen LogP contribution in [0, 0.1) is 0 Å². The smallest absolute Gasteiger partial charge is 0.348 e. The number of aromatic amines is 1. The second kappa shape index (κ2) is 7.69. The number of anilines is 2. The summed E-state index contributed by atoms with van der Waals surface area (Å²) in [5.41, 5.74) is 1.87. The first-order valence-corrected chi connectivity index (χ1v) is 8.53. The zero-order valence-corrected chi connectivity index (χ0v) is 14.8. The highest BCUT2D eigenvalue weighted by molar-refractivity contribution is 6.01. The van der Waals surface area contributed by atoms with Crippen molar-refractivity contribution in [3.8, 4) is 5.69 Å². The van der Waals surface area contributed by atoms with Gasteiger partial charge in [0.2, 0.25) is 5.82 Å². The standard InChI is InChI=1S/C19H21N5O2/c1-3-23(4-2)15-12-10-14(11-13-15)20-18(25)17-21-19(26)24(22-17)16-8-6-5-7-9-16/h5-13H,3-4H2,1-2H3,(H,20,25)(H,21,22,26). The summed E-state index contributed by atoms with van der Waals surface area (Å²) in [6.07, 6.45) is 0. The van der Waals surface area contributed by atoms with Crippen molar-refractivity contribution in [2.45, 2.75) is 13.8 Å². The Balaban J connectivity index is 1.76. The second-order valence-electron chi connectivity index (χ2n) is 5.70. The molecule has 0 radical (unpaired) electrons. The molecule has 0 saturated carbocycles. The first-order chi connectivity index (χ1) is 12.6. The van der Waals surface area contributed by atoms with Gasteiger partial charge in [-0.3, -0.25) is 9.78 Å². The van der Waals surface area contributed by atoms with Gasteiger partial charge >= 0.3 is 5.69 Å². The molecule has 2 N–H and O–H groups in total. The first kappa shape index (κ1) is 17.5. The number of nitrogens with zero attached hydrogens (tertiary/aromatic N) is 3. The van der Waals surface area contributed by atoms with Gasteiger partial charge in [-0.25, -0.2) is 4.79 Å². The van der Waals surface area contributed by atoms with Crippen molar-refractivity contribution in [3.63, 3.8) is 0 Å². The third-order valence-electron chi connectivity index (χ3n) is 4.09. The average molecular weight is 351 g/mol. The molecule has 7 heteroatoms. The van der Waals surface area contributed by atoms with E-state index in [0.717, 1.165) is 18.8 Å². The van der Waals surface area contributed by atoms with Crippen LogP contribution in [0.3, 0.4) is 0 Å². The summed E-state index contributed by atoms with van der Waals surface area (Å²) in [5, 5.41) is 6.83. The number of para-hydroxylation sites is 1. The Kier molecular flexibility index (Phi) is 5.17. The fourth-order valence-corrected chi connectivity index (χ4v) is 2.71. The lowest BCUT2D eigenvalue weighted by Gasteiger charge is -2.21. The zero-order valence-electron chi connectivity index (χ0n) is 14.8. The topological polar surface area (TPSA) is 83.0 Å². The van der Waals surface area contributed by atoms with E-state index in [-0.39, 0.29) is 5.82 Å². The van der Waals surface area contributed by atoms with Crippen LogP contribution in [0.2, 0.25) is 0 Å². The fourth-order valence-electron chi connectivity index (χ4n) is 2.71. The predicted octanol–water partition coefficient (Wildman–Crippen LogP) is 2.66. The third-order valence-corrected chi connectivity index (χ3v) is 4.09. The number of H-pyrrole nitrogens is 1. The van der Waals surface area contributed by atoms with Gasteiger partial charge in [-0.1, -0.05) is 18.2 Å². The molecule has 0 spiro atoms. The lowest BCUT2D eigenvalue weighted by Crippen LogP contribution is -2.21. The molecule has 3 rings (SSSR count). The lowest BCUT2D eigenvalue weighted by atomic mass is 10.2. The third kappa shape index (κ3) is 3.66. The van der Waals surface area contributed by atoms with E-state index in [1.165, 1.54) is 4.68 Å². The van der Waals surface area contributed by atoms with Gasteiger partial charge in [0.1, 0.15) is 0 Å². The van der Waals surface area contributed by atoms with Crippen LogP contribution < -0.4 is 15.9 Å². The zero-order chi connectivity index (χ0) is 18.5. The van der Waals surface area contributed by atoms with Crippen molar-refractivity contribution in [2.75, 3.05) is 23.3 Å². The van der Waals surface area contributed by atoms with Crippen molar-refractivity contribution in [3.05, 3.63) is 70.9 Å². The van der Waals surface area contributed by atoms with Crippen LogP contribution in [0.25, 0.3) is 5.69 Å². The summed E-state index contributed by atoms with van der Waals surface area (Å²) in [5.74, 6) is -0.501. The molecule has 134 valence electrons. The van der Waals surface area contributed by atoms with Crippen LogP contribution in [0.1, 0.15) is 24.5 Å². The minimum atomic E-state index is -0.465. The summed E-state index contributed by atoms with van der Waals surface area (Å²) in [6, 6.07) is 16.5. The molecule has 2 aromatic carbocycles. The number of rotatable bonds is 6. The number of carbonyl (C=O) groups is 1. The Morgan fingerprint density at radius 3 is 2.35 bits per heavy atom. The maximum absolute atomic E-state index is 12.4. The molecular formula is C19H21N5O2. The number of carbonyl (C=O) groups excluding carboxylic acids is 1.